The third kappa shape index (κ3) is 3.44. The van der Waals surface area contributed by atoms with E-state index < -0.39 is 0 Å². The van der Waals surface area contributed by atoms with Crippen molar-refractivity contribution in [1.29, 1.82) is 0 Å². The number of carbonyl (C=O) groups is 1. The average molecular weight is 285 g/mol. The summed E-state index contributed by atoms with van der Waals surface area (Å²) in [5, 5.41) is 3.39. The molecule has 1 aromatic carbocycles. The maximum Gasteiger partial charge on any atom is 0.257 e. The molecule has 1 heterocycles. The molecule has 20 heavy (non-hydrogen) atoms. The van der Waals surface area contributed by atoms with E-state index in [-0.39, 0.29) is 5.91 Å². The van der Waals surface area contributed by atoms with E-state index >= 15 is 0 Å². The van der Waals surface area contributed by atoms with Gasteiger partial charge in [-0.15, -0.1) is 11.3 Å². The van der Waals surface area contributed by atoms with Gasteiger partial charge >= 0.3 is 0 Å². The van der Waals surface area contributed by atoms with Gasteiger partial charge in [0, 0.05) is 22.2 Å². The molecule has 4 nitrogen and oxygen atoms in total. The van der Waals surface area contributed by atoms with Crippen molar-refractivity contribution >= 4 is 22.4 Å². The van der Waals surface area contributed by atoms with Gasteiger partial charge in [-0.2, -0.15) is 0 Å². The van der Waals surface area contributed by atoms with E-state index in [1.54, 1.807) is 12.3 Å². The summed E-state index contributed by atoms with van der Waals surface area (Å²) in [7, 11) is 0. The van der Waals surface area contributed by atoms with Crippen molar-refractivity contribution in [3.05, 3.63) is 46.0 Å². The Morgan fingerprint density at radius 2 is 2.25 bits per heavy atom. The van der Waals surface area contributed by atoms with E-state index in [9.17, 15) is 4.79 Å². The highest BCUT2D eigenvalue weighted by molar-refractivity contribution is 7.15. The van der Waals surface area contributed by atoms with Crippen LogP contribution in [0.2, 0.25) is 0 Å². The molecule has 0 atom stereocenters. The van der Waals surface area contributed by atoms with Gasteiger partial charge in [-0.05, 0) is 37.6 Å². The van der Waals surface area contributed by atoms with Gasteiger partial charge in [0.15, 0.2) is 5.13 Å². The average Bonchev–Trinajstić information content (AvgIpc) is 2.82. The molecule has 0 fully saturated rings. The van der Waals surface area contributed by atoms with Crippen molar-refractivity contribution in [1.82, 2.24) is 4.98 Å². The number of aromatic nitrogens is 1. The summed E-state index contributed by atoms with van der Waals surface area (Å²) in [6.45, 7) is 4.19. The summed E-state index contributed by atoms with van der Waals surface area (Å²) in [6.07, 6.45) is 1.73. The molecule has 0 aliphatic carbocycles. The van der Waals surface area contributed by atoms with Crippen molar-refractivity contribution in [2.45, 2.75) is 13.8 Å². The van der Waals surface area contributed by atoms with Crippen LogP contribution in [0.15, 0.2) is 24.4 Å². The zero-order valence-corrected chi connectivity index (χ0v) is 12.2. The Kier molecular flexibility index (Phi) is 4.51. The van der Waals surface area contributed by atoms with Crippen LogP contribution in [0.25, 0.3) is 0 Å². The normalized spacial score (nSPS) is 9.75. The zero-order chi connectivity index (χ0) is 14.5. The Morgan fingerprint density at radius 3 is 2.85 bits per heavy atom. The number of hydrogen-bond donors (Lipinski definition) is 2. The van der Waals surface area contributed by atoms with Gasteiger partial charge in [-0.1, -0.05) is 11.8 Å². The van der Waals surface area contributed by atoms with Gasteiger partial charge in [0.05, 0.1) is 6.54 Å². The number of nitrogens with zero attached hydrogens (tertiary/aromatic N) is 1. The summed E-state index contributed by atoms with van der Waals surface area (Å²) >= 11 is 1.45. The van der Waals surface area contributed by atoms with Gasteiger partial charge in [0.1, 0.15) is 0 Å². The van der Waals surface area contributed by atoms with Gasteiger partial charge in [0.25, 0.3) is 5.91 Å². The Hall–Kier alpha value is -2.16. The fourth-order valence-corrected chi connectivity index (χ4v) is 2.33. The second-order valence-corrected chi connectivity index (χ2v) is 5.50. The van der Waals surface area contributed by atoms with E-state index in [2.05, 4.69) is 22.1 Å². The van der Waals surface area contributed by atoms with Gasteiger partial charge in [-0.3, -0.25) is 10.1 Å². The van der Waals surface area contributed by atoms with Crippen molar-refractivity contribution < 1.29 is 4.79 Å². The summed E-state index contributed by atoms with van der Waals surface area (Å²) in [5.41, 5.74) is 7.78. The highest BCUT2D eigenvalue weighted by atomic mass is 32.1. The minimum absolute atomic E-state index is 0.166. The highest BCUT2D eigenvalue weighted by Gasteiger charge is 2.09. The lowest BCUT2D eigenvalue weighted by Crippen LogP contribution is -2.11. The lowest BCUT2D eigenvalue weighted by Gasteiger charge is -2.04. The van der Waals surface area contributed by atoms with Gasteiger partial charge in [0.2, 0.25) is 0 Å². The standard InChI is InChI=1S/C15H15N3OS/c1-10-8-13(6-5-12(10)4-3-7-16)14(19)18-15-17-9-11(2)20-15/h5-6,8-9H,7,16H2,1-2H3,(H,17,18,19). The maximum atomic E-state index is 12.1. The lowest BCUT2D eigenvalue weighted by molar-refractivity contribution is 0.102. The summed E-state index contributed by atoms with van der Waals surface area (Å²) in [4.78, 5) is 17.3. The monoisotopic (exact) mass is 285 g/mol. The zero-order valence-electron chi connectivity index (χ0n) is 11.4. The SMILES string of the molecule is Cc1cnc(NC(=O)c2ccc(C#CCN)c(C)c2)s1. The summed E-state index contributed by atoms with van der Waals surface area (Å²) < 4.78 is 0. The summed E-state index contributed by atoms with van der Waals surface area (Å²) in [5.74, 6) is 5.61. The van der Waals surface area contributed by atoms with Crippen LogP contribution in [-0.2, 0) is 0 Å². The first kappa shape index (κ1) is 14.3. The quantitative estimate of drug-likeness (QED) is 0.832. The van der Waals surface area contributed by atoms with E-state index in [1.807, 2.05) is 26.0 Å². The molecule has 102 valence electrons. The van der Waals surface area contributed by atoms with Crippen LogP contribution in [0.1, 0.15) is 26.4 Å². The van der Waals surface area contributed by atoms with Gasteiger partial charge in [-0.25, -0.2) is 4.98 Å². The number of hydrogen-bond acceptors (Lipinski definition) is 4. The van der Waals surface area contributed by atoms with E-state index in [4.69, 9.17) is 5.73 Å². The Bertz CT molecular complexity index is 695. The van der Waals surface area contributed by atoms with E-state index in [0.29, 0.717) is 17.2 Å². The topological polar surface area (TPSA) is 68.0 Å². The van der Waals surface area contributed by atoms with Crippen LogP contribution >= 0.6 is 11.3 Å². The molecule has 2 rings (SSSR count). The lowest BCUT2D eigenvalue weighted by atomic mass is 10.1. The first-order chi connectivity index (χ1) is 9.60. The van der Waals surface area contributed by atoms with Crippen LogP contribution in [-0.4, -0.2) is 17.4 Å². The molecule has 0 saturated carbocycles. The predicted molar refractivity (Wildman–Crippen MR) is 81.9 cm³/mol. The molecule has 1 aromatic heterocycles. The van der Waals surface area contributed by atoms with Crippen LogP contribution in [0.5, 0.6) is 0 Å². The minimum Gasteiger partial charge on any atom is -0.320 e. The largest absolute Gasteiger partial charge is 0.320 e. The van der Waals surface area contributed by atoms with Gasteiger partial charge < -0.3 is 5.73 Å². The van der Waals surface area contributed by atoms with Crippen LogP contribution in [0.3, 0.4) is 0 Å². The number of benzene rings is 1. The van der Waals surface area contributed by atoms with Crippen LogP contribution in [0, 0.1) is 25.7 Å². The molecule has 3 N–H and O–H groups in total. The molecule has 0 spiro atoms. The number of nitrogens with two attached hydrogens (primary N) is 1. The third-order valence-electron chi connectivity index (χ3n) is 2.66. The Balaban J connectivity index is 2.16. The van der Waals surface area contributed by atoms with Crippen LogP contribution in [0.4, 0.5) is 5.13 Å². The second-order valence-electron chi connectivity index (χ2n) is 4.27. The van der Waals surface area contributed by atoms with Crippen molar-refractivity contribution in [3.8, 4) is 11.8 Å². The molecule has 2 aromatic rings. The predicted octanol–water partition coefficient (Wildman–Crippen LogP) is 2.32. The molecule has 5 heteroatoms. The molecule has 0 unspecified atom stereocenters. The molecule has 0 radical (unpaired) electrons. The molecular formula is C15H15N3OS. The van der Waals surface area contributed by atoms with Crippen molar-refractivity contribution in [2.75, 3.05) is 11.9 Å². The van der Waals surface area contributed by atoms with Crippen molar-refractivity contribution in [3.63, 3.8) is 0 Å². The molecule has 0 saturated heterocycles. The molecular weight excluding hydrogens is 270 g/mol. The number of amides is 1. The number of aryl methyl sites for hydroxylation is 2. The molecule has 0 aliphatic rings. The smallest absolute Gasteiger partial charge is 0.257 e. The molecule has 0 aliphatic heterocycles. The van der Waals surface area contributed by atoms with E-state index in [1.165, 1.54) is 11.3 Å². The number of rotatable bonds is 2. The summed E-state index contributed by atoms with van der Waals surface area (Å²) in [6, 6.07) is 5.40. The third-order valence-corrected chi connectivity index (χ3v) is 3.48. The first-order valence-corrected chi connectivity index (χ1v) is 6.95. The van der Waals surface area contributed by atoms with E-state index in [0.717, 1.165) is 16.0 Å². The Morgan fingerprint density at radius 1 is 1.45 bits per heavy atom. The fourth-order valence-electron chi connectivity index (χ4n) is 1.67. The molecule has 0 bridgehead atoms. The van der Waals surface area contributed by atoms with Crippen LogP contribution < -0.4 is 11.1 Å². The number of nitrogens with one attached hydrogen (secondary N) is 1. The maximum absolute atomic E-state index is 12.1. The number of carbonyl (C=O) groups excluding carboxylic acids is 1. The number of anilines is 1. The fraction of sp³-hybridized carbons (Fsp3) is 0.200. The van der Waals surface area contributed by atoms with Crippen molar-refractivity contribution in [2.24, 2.45) is 5.73 Å². The number of thiazole rings is 1. The molecule has 1 amide bonds. The highest BCUT2D eigenvalue weighted by Crippen LogP contribution is 2.18. The Labute approximate surface area is 122 Å². The second kappa shape index (κ2) is 6.33. The first-order valence-electron chi connectivity index (χ1n) is 6.13. The minimum atomic E-state index is -0.166.